The minimum absolute atomic E-state index is 0.0815. The third-order valence-corrected chi connectivity index (χ3v) is 4.01. The van der Waals surface area contributed by atoms with Crippen molar-refractivity contribution in [1.82, 2.24) is 5.32 Å². The minimum Gasteiger partial charge on any atom is -0.362 e. The Labute approximate surface area is 160 Å². The zero-order chi connectivity index (χ0) is 18.8. The van der Waals surface area contributed by atoms with Crippen LogP contribution in [0.15, 0.2) is 90.8 Å². The van der Waals surface area contributed by atoms with E-state index in [2.05, 4.69) is 22.5 Å². The summed E-state index contributed by atoms with van der Waals surface area (Å²) in [6.07, 6.45) is 5.76. The molecule has 0 aliphatic carbocycles. The first-order valence-corrected chi connectivity index (χ1v) is 8.78. The van der Waals surface area contributed by atoms with Gasteiger partial charge >= 0.3 is 0 Å². The number of likely N-dealkylation sites (N-methyl/N-ethyl adjacent to an activating group) is 1. The summed E-state index contributed by atoms with van der Waals surface area (Å²) in [5, 5.41) is 10.6. The molecule has 5 N–H and O–H groups in total. The molecule has 0 radical (unpaired) electrons. The van der Waals surface area contributed by atoms with Crippen molar-refractivity contribution in [2.45, 2.75) is 6.04 Å². The number of halogens is 1. The Morgan fingerprint density at radius 2 is 1.81 bits per heavy atom. The number of para-hydroxylation sites is 1. The Kier molecular flexibility index (Phi) is 7.96. The van der Waals surface area contributed by atoms with Gasteiger partial charge in [0.05, 0.1) is 6.04 Å². The number of nitrogens with two attached hydrogens (primary N) is 1. The maximum atomic E-state index is 5.90. The van der Waals surface area contributed by atoms with Crippen LogP contribution in [0, 0.1) is 0 Å². The van der Waals surface area contributed by atoms with Gasteiger partial charge in [0, 0.05) is 34.8 Å². The average Bonchev–Trinajstić information content (AvgIpc) is 2.65. The Balaban J connectivity index is 2.05. The molecule has 0 aromatic heterocycles. The third-order valence-electron chi connectivity index (χ3n) is 3.76. The van der Waals surface area contributed by atoms with Gasteiger partial charge in [-0.25, -0.2) is 0 Å². The topological polar surface area (TPSA) is 62.1 Å². The molecule has 0 heterocycles. The smallest absolute Gasteiger partial charge is 0.0718 e. The van der Waals surface area contributed by atoms with Crippen LogP contribution in [0.1, 0.15) is 0 Å². The van der Waals surface area contributed by atoms with Crippen LogP contribution in [0.25, 0.3) is 0 Å². The predicted octanol–water partition coefficient (Wildman–Crippen LogP) is 4.36. The van der Waals surface area contributed by atoms with E-state index in [9.17, 15) is 0 Å². The molecule has 0 spiro atoms. The second-order valence-corrected chi connectivity index (χ2v) is 6.10. The standard InChI is InChI=1S/C21H25ClN4/c1-16(13-15-25-18-10-8-17(22)9-11-18)21(24-2)20(12-14-23)26-19-6-4-3-5-7-19/h3-13,15,21,24-26H,1,14,23H2,2H3/b15-13-,20-12-. The lowest BCUT2D eigenvalue weighted by molar-refractivity contribution is 0.731. The minimum atomic E-state index is -0.0815. The molecule has 1 unspecified atom stereocenters. The van der Waals surface area contributed by atoms with Gasteiger partial charge in [-0.3, -0.25) is 0 Å². The number of anilines is 2. The van der Waals surface area contributed by atoms with Crippen LogP contribution in [-0.2, 0) is 0 Å². The van der Waals surface area contributed by atoms with Crippen LogP contribution in [-0.4, -0.2) is 19.6 Å². The summed E-state index contributed by atoms with van der Waals surface area (Å²) >= 11 is 5.90. The summed E-state index contributed by atoms with van der Waals surface area (Å²) in [5.74, 6) is 0. The molecule has 0 aliphatic rings. The number of hydrogen-bond donors (Lipinski definition) is 4. The molecule has 136 valence electrons. The van der Waals surface area contributed by atoms with Gasteiger partial charge in [0.2, 0.25) is 0 Å². The van der Waals surface area contributed by atoms with Gasteiger partial charge in [-0.05, 0) is 61.2 Å². The predicted molar refractivity (Wildman–Crippen MR) is 113 cm³/mol. The SMILES string of the molecule is C=C(/C=C\Nc1ccc(Cl)cc1)C(NC)/C(=C/CN)Nc1ccccc1. The van der Waals surface area contributed by atoms with E-state index in [-0.39, 0.29) is 6.04 Å². The van der Waals surface area contributed by atoms with Gasteiger partial charge < -0.3 is 21.7 Å². The highest BCUT2D eigenvalue weighted by Gasteiger charge is 2.14. The number of rotatable bonds is 9. The molecule has 0 saturated heterocycles. The molecule has 0 fully saturated rings. The van der Waals surface area contributed by atoms with E-state index >= 15 is 0 Å². The molecule has 2 aromatic carbocycles. The molecule has 4 nitrogen and oxygen atoms in total. The fraction of sp³-hybridized carbons (Fsp3) is 0.143. The Morgan fingerprint density at radius 3 is 2.42 bits per heavy atom. The zero-order valence-corrected chi connectivity index (χ0v) is 15.6. The van der Waals surface area contributed by atoms with Crippen molar-refractivity contribution in [3.8, 4) is 0 Å². The van der Waals surface area contributed by atoms with Crippen molar-refractivity contribution in [2.24, 2.45) is 5.73 Å². The summed E-state index contributed by atoms with van der Waals surface area (Å²) in [6, 6.07) is 17.4. The molecule has 2 aromatic rings. The number of hydrogen-bond acceptors (Lipinski definition) is 4. The monoisotopic (exact) mass is 368 g/mol. The highest BCUT2D eigenvalue weighted by Crippen LogP contribution is 2.17. The Hall–Kier alpha value is -2.53. The summed E-state index contributed by atoms with van der Waals surface area (Å²) in [7, 11) is 1.90. The van der Waals surface area contributed by atoms with E-state index in [0.29, 0.717) is 11.6 Å². The largest absolute Gasteiger partial charge is 0.362 e. The fourth-order valence-corrected chi connectivity index (χ4v) is 2.61. The number of benzene rings is 2. The fourth-order valence-electron chi connectivity index (χ4n) is 2.48. The molecule has 5 heteroatoms. The van der Waals surface area contributed by atoms with Crippen molar-refractivity contribution in [2.75, 3.05) is 24.2 Å². The molecule has 0 bridgehead atoms. The molecule has 0 aliphatic heterocycles. The van der Waals surface area contributed by atoms with Gasteiger partial charge in [0.15, 0.2) is 0 Å². The summed E-state index contributed by atoms with van der Waals surface area (Å²) in [5.41, 5.74) is 9.57. The molecule has 0 amide bonds. The van der Waals surface area contributed by atoms with Crippen LogP contribution in [0.2, 0.25) is 5.02 Å². The quantitative estimate of drug-likeness (QED) is 0.496. The Bertz CT molecular complexity index is 751. The van der Waals surface area contributed by atoms with Gasteiger partial charge in [-0.2, -0.15) is 0 Å². The van der Waals surface area contributed by atoms with Crippen LogP contribution in [0.3, 0.4) is 0 Å². The van der Waals surface area contributed by atoms with Gasteiger partial charge in [-0.1, -0.05) is 36.4 Å². The molecule has 26 heavy (non-hydrogen) atoms. The highest BCUT2D eigenvalue weighted by atomic mass is 35.5. The second-order valence-electron chi connectivity index (χ2n) is 5.67. The molecule has 2 rings (SSSR count). The maximum absolute atomic E-state index is 5.90. The first-order valence-electron chi connectivity index (χ1n) is 8.41. The van der Waals surface area contributed by atoms with Gasteiger partial charge in [0.25, 0.3) is 0 Å². The van der Waals surface area contributed by atoms with E-state index in [1.54, 1.807) is 0 Å². The van der Waals surface area contributed by atoms with Crippen molar-refractivity contribution in [1.29, 1.82) is 0 Å². The van der Waals surface area contributed by atoms with Crippen LogP contribution < -0.4 is 21.7 Å². The Morgan fingerprint density at radius 1 is 1.12 bits per heavy atom. The first kappa shape index (κ1) is 19.8. The van der Waals surface area contributed by atoms with Crippen LogP contribution >= 0.6 is 11.6 Å². The molecular weight excluding hydrogens is 344 g/mol. The molecule has 1 atom stereocenters. The van der Waals surface area contributed by atoms with Gasteiger partial charge in [-0.15, -0.1) is 0 Å². The first-order chi connectivity index (χ1) is 12.6. The zero-order valence-electron chi connectivity index (χ0n) is 14.9. The van der Waals surface area contributed by atoms with Crippen molar-refractivity contribution in [3.05, 3.63) is 95.8 Å². The lowest BCUT2D eigenvalue weighted by Gasteiger charge is -2.22. The third kappa shape index (κ3) is 6.08. The van der Waals surface area contributed by atoms with E-state index in [0.717, 1.165) is 22.6 Å². The van der Waals surface area contributed by atoms with Crippen molar-refractivity contribution >= 4 is 23.0 Å². The van der Waals surface area contributed by atoms with E-state index < -0.39 is 0 Å². The number of nitrogens with one attached hydrogen (secondary N) is 3. The maximum Gasteiger partial charge on any atom is 0.0718 e. The summed E-state index contributed by atoms with van der Waals surface area (Å²) in [6.45, 7) is 4.62. The van der Waals surface area contributed by atoms with E-state index in [4.69, 9.17) is 17.3 Å². The van der Waals surface area contributed by atoms with E-state index in [1.807, 2.05) is 80.0 Å². The van der Waals surface area contributed by atoms with Crippen molar-refractivity contribution < 1.29 is 0 Å². The lowest BCUT2D eigenvalue weighted by Crippen LogP contribution is -2.32. The van der Waals surface area contributed by atoms with Crippen molar-refractivity contribution in [3.63, 3.8) is 0 Å². The molecule has 0 saturated carbocycles. The second kappa shape index (κ2) is 10.5. The highest BCUT2D eigenvalue weighted by molar-refractivity contribution is 6.30. The van der Waals surface area contributed by atoms with Crippen LogP contribution in [0.4, 0.5) is 11.4 Å². The lowest BCUT2D eigenvalue weighted by atomic mass is 10.0. The van der Waals surface area contributed by atoms with Crippen LogP contribution in [0.5, 0.6) is 0 Å². The summed E-state index contributed by atoms with van der Waals surface area (Å²) < 4.78 is 0. The normalized spacial score (nSPS) is 12.8. The van der Waals surface area contributed by atoms with Gasteiger partial charge in [0.1, 0.15) is 0 Å². The summed E-state index contributed by atoms with van der Waals surface area (Å²) in [4.78, 5) is 0. The molecular formula is C21H25ClN4. The average molecular weight is 369 g/mol. The van der Waals surface area contributed by atoms with E-state index in [1.165, 1.54) is 0 Å².